The Bertz CT molecular complexity index is 1360. The minimum atomic E-state index is -1.08. The molecule has 36 heavy (non-hydrogen) atoms. The topological polar surface area (TPSA) is 188 Å². The van der Waals surface area contributed by atoms with Crippen LogP contribution in [-0.4, -0.2) is 26.6 Å². The molecule has 3 rings (SSSR count). The van der Waals surface area contributed by atoms with E-state index in [-0.39, 0.29) is 22.6 Å². The Morgan fingerprint density at radius 2 is 1.14 bits per heavy atom. The lowest BCUT2D eigenvalue weighted by Gasteiger charge is -2.11. The van der Waals surface area contributed by atoms with Gasteiger partial charge in [0.05, 0.1) is 14.8 Å². The van der Waals surface area contributed by atoms with Crippen molar-refractivity contribution >= 4 is 46.3 Å². The molecule has 3 aromatic rings. The van der Waals surface area contributed by atoms with Gasteiger partial charge in [0.15, 0.2) is 0 Å². The predicted octanol–water partition coefficient (Wildman–Crippen LogP) is 4.38. The number of benzene rings is 3. The molecule has 0 fully saturated rings. The van der Waals surface area contributed by atoms with Crippen LogP contribution in [0.15, 0.2) is 72.3 Å². The second-order valence-corrected chi connectivity index (χ2v) is 7.32. The van der Waals surface area contributed by atoms with Gasteiger partial charge < -0.3 is 10.6 Å². The van der Waals surface area contributed by atoms with E-state index < -0.39 is 43.5 Å². The number of nitrogens with one attached hydrogen (secondary N) is 2. The molecule has 13 heteroatoms. The summed E-state index contributed by atoms with van der Waals surface area (Å²) < 4.78 is 0. The van der Waals surface area contributed by atoms with E-state index in [9.17, 15) is 39.9 Å². The van der Waals surface area contributed by atoms with Gasteiger partial charge in [-0.1, -0.05) is 36.4 Å². The summed E-state index contributed by atoms with van der Waals surface area (Å²) in [5, 5.41) is 38.5. The molecule has 182 valence electrons. The van der Waals surface area contributed by atoms with E-state index in [4.69, 9.17) is 0 Å². The van der Waals surface area contributed by atoms with Crippen LogP contribution in [0.2, 0.25) is 0 Å². The van der Waals surface area contributed by atoms with Gasteiger partial charge in [0, 0.05) is 23.8 Å². The van der Waals surface area contributed by atoms with Gasteiger partial charge in [-0.05, 0) is 30.7 Å². The van der Waals surface area contributed by atoms with Gasteiger partial charge in [-0.25, -0.2) is 0 Å². The summed E-state index contributed by atoms with van der Waals surface area (Å²) in [6.45, 7) is 1.51. The molecule has 0 saturated carbocycles. The Morgan fingerprint density at radius 3 is 1.58 bits per heavy atom. The molecular formula is C23H17N5O8. The summed E-state index contributed by atoms with van der Waals surface area (Å²) in [4.78, 5) is 58.0. The molecule has 0 bridgehead atoms. The number of aryl methyl sites for hydroxylation is 1. The maximum absolute atomic E-state index is 13.1. The molecule has 2 N–H and O–H groups in total. The third kappa shape index (κ3) is 5.72. The first-order valence-corrected chi connectivity index (χ1v) is 10.1. The molecule has 0 atom stereocenters. The number of nitro groups is 3. The number of hydrogen-bond acceptors (Lipinski definition) is 8. The molecule has 13 nitrogen and oxygen atoms in total. The molecule has 0 spiro atoms. The van der Waals surface area contributed by atoms with E-state index in [1.165, 1.54) is 55.5 Å². The molecule has 0 aliphatic heterocycles. The molecule has 0 aromatic heterocycles. The fourth-order valence-corrected chi connectivity index (χ4v) is 3.17. The number of carbonyl (C=O) groups excluding carboxylic acids is 2. The van der Waals surface area contributed by atoms with Crippen LogP contribution in [0.5, 0.6) is 0 Å². The number of para-hydroxylation sites is 4. The highest BCUT2D eigenvalue weighted by Crippen LogP contribution is 2.27. The van der Waals surface area contributed by atoms with Crippen molar-refractivity contribution in [2.75, 3.05) is 10.6 Å². The van der Waals surface area contributed by atoms with Crippen LogP contribution in [0.4, 0.5) is 28.4 Å². The summed E-state index contributed by atoms with van der Waals surface area (Å²) in [5.74, 6) is -2.16. The summed E-state index contributed by atoms with van der Waals surface area (Å²) in [7, 11) is 0. The first-order valence-electron chi connectivity index (χ1n) is 10.1. The zero-order chi connectivity index (χ0) is 26.4. The average molecular weight is 491 g/mol. The first kappa shape index (κ1) is 25.2. The maximum Gasteiger partial charge on any atom is 0.292 e. The second kappa shape index (κ2) is 10.6. The summed E-state index contributed by atoms with van der Waals surface area (Å²) >= 11 is 0. The van der Waals surface area contributed by atoms with Gasteiger partial charge in [0.1, 0.15) is 16.9 Å². The van der Waals surface area contributed by atoms with Crippen molar-refractivity contribution in [1.29, 1.82) is 0 Å². The van der Waals surface area contributed by atoms with E-state index in [1.807, 2.05) is 0 Å². The highest BCUT2D eigenvalue weighted by molar-refractivity contribution is 6.29. The van der Waals surface area contributed by atoms with Crippen molar-refractivity contribution in [2.45, 2.75) is 6.92 Å². The van der Waals surface area contributed by atoms with Gasteiger partial charge in [-0.2, -0.15) is 0 Å². The monoisotopic (exact) mass is 491 g/mol. The van der Waals surface area contributed by atoms with Crippen molar-refractivity contribution in [3.05, 3.63) is 114 Å². The third-order valence-corrected chi connectivity index (χ3v) is 4.93. The molecule has 0 radical (unpaired) electrons. The van der Waals surface area contributed by atoms with Gasteiger partial charge in [0.25, 0.3) is 28.9 Å². The van der Waals surface area contributed by atoms with Gasteiger partial charge >= 0.3 is 0 Å². The van der Waals surface area contributed by atoms with Crippen molar-refractivity contribution in [3.8, 4) is 0 Å². The minimum absolute atomic E-state index is 0.109. The van der Waals surface area contributed by atoms with Crippen LogP contribution in [0.25, 0.3) is 6.08 Å². The molecule has 0 aliphatic rings. The summed E-state index contributed by atoms with van der Waals surface area (Å²) in [6.07, 6.45) is 1.04. The van der Waals surface area contributed by atoms with E-state index >= 15 is 0 Å². The number of nitrogens with zero attached hydrogens (tertiary/aromatic N) is 3. The van der Waals surface area contributed by atoms with Crippen molar-refractivity contribution in [1.82, 2.24) is 0 Å². The smallest absolute Gasteiger partial charge is 0.292 e. The summed E-state index contributed by atoms with van der Waals surface area (Å²) in [6, 6.07) is 14.4. The zero-order valence-electron chi connectivity index (χ0n) is 18.5. The van der Waals surface area contributed by atoms with Gasteiger partial charge in [-0.3, -0.25) is 39.9 Å². The lowest BCUT2D eigenvalue weighted by molar-refractivity contribution is -0.385. The second-order valence-electron chi connectivity index (χ2n) is 7.32. The molecule has 2 amide bonds. The SMILES string of the molecule is Cc1ccc(C=C(C(=O)Nc2ccccc2[N+](=O)[O-])C(=O)Nc2ccccc2[N+](=O)[O-])cc1[N+](=O)[O-]. The fraction of sp³-hybridized carbons (Fsp3) is 0.0435. The predicted molar refractivity (Wildman–Crippen MR) is 129 cm³/mol. The number of hydrogen-bond donors (Lipinski definition) is 2. The van der Waals surface area contributed by atoms with E-state index in [0.717, 1.165) is 24.3 Å². The van der Waals surface area contributed by atoms with Crippen molar-refractivity contribution < 1.29 is 24.4 Å². The molecule has 0 heterocycles. The quantitative estimate of drug-likeness (QED) is 0.153. The lowest BCUT2D eigenvalue weighted by Crippen LogP contribution is -2.26. The lowest BCUT2D eigenvalue weighted by atomic mass is 10.1. The van der Waals surface area contributed by atoms with Crippen LogP contribution < -0.4 is 10.6 Å². The third-order valence-electron chi connectivity index (χ3n) is 4.93. The Hall–Kier alpha value is -5.46. The van der Waals surface area contributed by atoms with Crippen LogP contribution in [0, 0.1) is 37.3 Å². The highest BCUT2D eigenvalue weighted by Gasteiger charge is 2.25. The number of anilines is 2. The molecule has 3 aromatic carbocycles. The number of carbonyl (C=O) groups is 2. The number of nitro benzene ring substituents is 3. The first-order chi connectivity index (χ1) is 17.1. The van der Waals surface area contributed by atoms with E-state index in [0.29, 0.717) is 5.56 Å². The Labute approximate surface area is 202 Å². The molecule has 0 unspecified atom stereocenters. The zero-order valence-corrected chi connectivity index (χ0v) is 18.5. The Kier molecular flexibility index (Phi) is 7.44. The van der Waals surface area contributed by atoms with Crippen LogP contribution in [0.3, 0.4) is 0 Å². The van der Waals surface area contributed by atoms with E-state index in [1.54, 1.807) is 0 Å². The Morgan fingerprint density at radius 1 is 0.694 bits per heavy atom. The fourth-order valence-electron chi connectivity index (χ4n) is 3.17. The number of amides is 2. The van der Waals surface area contributed by atoms with Crippen LogP contribution in [0.1, 0.15) is 11.1 Å². The average Bonchev–Trinajstić information content (AvgIpc) is 2.83. The highest BCUT2D eigenvalue weighted by atomic mass is 16.6. The van der Waals surface area contributed by atoms with Gasteiger partial charge in [-0.15, -0.1) is 0 Å². The summed E-state index contributed by atoms with van der Waals surface area (Å²) in [5.41, 5.74) is -1.69. The van der Waals surface area contributed by atoms with Crippen LogP contribution >= 0.6 is 0 Å². The van der Waals surface area contributed by atoms with E-state index in [2.05, 4.69) is 10.6 Å². The maximum atomic E-state index is 13.1. The van der Waals surface area contributed by atoms with Crippen molar-refractivity contribution in [3.63, 3.8) is 0 Å². The minimum Gasteiger partial charge on any atom is -0.316 e. The number of rotatable bonds is 8. The molecular weight excluding hydrogens is 474 g/mol. The normalized spacial score (nSPS) is 10.1. The standard InChI is InChI=1S/C23H17N5O8/c1-14-10-11-15(13-21(14)28(35)36)12-16(22(29)24-17-6-2-4-8-19(17)26(31)32)23(30)25-18-7-3-5-9-20(18)27(33)34/h2-13H,1H3,(H,24,29)(H,25,30). The van der Waals surface area contributed by atoms with Gasteiger partial charge in [0.2, 0.25) is 0 Å². The van der Waals surface area contributed by atoms with Crippen molar-refractivity contribution in [2.24, 2.45) is 0 Å². The van der Waals surface area contributed by atoms with Crippen LogP contribution in [-0.2, 0) is 9.59 Å². The molecule has 0 saturated heterocycles. The molecule has 0 aliphatic carbocycles. The largest absolute Gasteiger partial charge is 0.316 e. The Balaban J connectivity index is 2.07.